The molecule has 0 aliphatic rings. The Bertz CT molecular complexity index is 3200. The molecule has 11 rings (SSSR count). The quantitative estimate of drug-likeness (QED) is 0.151. The number of hydrogen-bond acceptors (Lipinski definition) is 2. The third kappa shape index (κ3) is 5.74. The predicted octanol–water partition coefficient (Wildman–Crippen LogP) is 16.0. The monoisotopic (exact) mass is 739 g/mol. The molecule has 1 aromatic heterocycles. The molecule has 0 fully saturated rings. The van der Waals surface area contributed by atoms with Gasteiger partial charge in [-0.05, 0) is 103 Å². The summed E-state index contributed by atoms with van der Waals surface area (Å²) in [6, 6.07) is 80.6. The van der Waals surface area contributed by atoms with E-state index in [2.05, 4.69) is 229 Å². The Labute approximate surface area is 337 Å². The van der Waals surface area contributed by atoms with E-state index in [4.69, 9.17) is 4.42 Å². The number of para-hydroxylation sites is 1. The molecule has 0 atom stereocenters. The molecule has 0 radical (unpaired) electrons. The van der Waals surface area contributed by atoms with Crippen LogP contribution in [0.2, 0.25) is 0 Å². The zero-order valence-electron chi connectivity index (χ0n) is 31.7. The topological polar surface area (TPSA) is 16.4 Å². The maximum Gasteiger partial charge on any atom is 0.145 e. The van der Waals surface area contributed by atoms with Gasteiger partial charge >= 0.3 is 0 Å². The van der Waals surface area contributed by atoms with E-state index in [1.54, 1.807) is 0 Å². The Morgan fingerprint density at radius 2 is 0.862 bits per heavy atom. The molecule has 0 unspecified atom stereocenters. The molecule has 0 saturated carbocycles. The molecule has 2 nitrogen and oxygen atoms in total. The highest BCUT2D eigenvalue weighted by Crippen LogP contribution is 2.48. The number of hydrogen-bond donors (Lipinski definition) is 0. The first-order valence-corrected chi connectivity index (χ1v) is 19.8. The number of furan rings is 1. The molecule has 0 saturated heterocycles. The molecule has 272 valence electrons. The van der Waals surface area contributed by atoms with E-state index in [-0.39, 0.29) is 0 Å². The van der Waals surface area contributed by atoms with Crippen LogP contribution in [0.4, 0.5) is 17.1 Å². The molecule has 58 heavy (non-hydrogen) atoms. The summed E-state index contributed by atoms with van der Waals surface area (Å²) in [7, 11) is 0. The van der Waals surface area contributed by atoms with Crippen molar-refractivity contribution in [3.8, 4) is 44.5 Å². The Morgan fingerprint density at radius 1 is 0.328 bits per heavy atom. The zero-order chi connectivity index (χ0) is 38.4. The zero-order valence-corrected chi connectivity index (χ0v) is 31.7. The highest BCUT2D eigenvalue weighted by molar-refractivity contribution is 6.17. The Balaban J connectivity index is 1.16. The van der Waals surface area contributed by atoms with Crippen molar-refractivity contribution in [1.29, 1.82) is 0 Å². The number of rotatable bonds is 7. The maximum atomic E-state index is 6.79. The van der Waals surface area contributed by atoms with Gasteiger partial charge in [-0.25, -0.2) is 0 Å². The third-order valence-corrected chi connectivity index (χ3v) is 11.5. The SMILES string of the molecule is c1ccc(-c2cccc(-c3ccccc3)c2-c2ccc(N(c3ccc4ccc5ccccc5c4c3)c3ccc(-c4ccccc4)c4oc5ccccc5c34)cc2)cc1. The molecular formula is C56H37NO. The van der Waals surface area contributed by atoms with Crippen molar-refractivity contribution in [1.82, 2.24) is 0 Å². The van der Waals surface area contributed by atoms with Gasteiger partial charge in [0.2, 0.25) is 0 Å². The summed E-state index contributed by atoms with van der Waals surface area (Å²) >= 11 is 0. The molecule has 0 bridgehead atoms. The average molecular weight is 740 g/mol. The Kier molecular flexibility index (Phi) is 8.19. The fourth-order valence-electron chi connectivity index (χ4n) is 8.76. The molecule has 10 aromatic carbocycles. The van der Waals surface area contributed by atoms with Gasteiger partial charge in [0.05, 0.1) is 11.1 Å². The van der Waals surface area contributed by atoms with Crippen molar-refractivity contribution in [3.05, 3.63) is 224 Å². The summed E-state index contributed by atoms with van der Waals surface area (Å²) in [5.41, 5.74) is 14.3. The average Bonchev–Trinajstić information content (AvgIpc) is 3.70. The molecule has 0 amide bonds. The Morgan fingerprint density at radius 3 is 1.53 bits per heavy atom. The van der Waals surface area contributed by atoms with Crippen LogP contribution in [-0.4, -0.2) is 0 Å². The normalized spacial score (nSPS) is 11.4. The van der Waals surface area contributed by atoms with Crippen molar-refractivity contribution < 1.29 is 4.42 Å². The number of benzene rings is 10. The Hall–Kier alpha value is -7.68. The summed E-state index contributed by atoms with van der Waals surface area (Å²) in [5, 5.41) is 7.06. The van der Waals surface area contributed by atoms with Crippen LogP contribution in [0, 0.1) is 0 Å². The van der Waals surface area contributed by atoms with E-state index in [1.807, 2.05) is 0 Å². The smallest absolute Gasteiger partial charge is 0.145 e. The van der Waals surface area contributed by atoms with Crippen LogP contribution in [0.15, 0.2) is 229 Å². The van der Waals surface area contributed by atoms with Gasteiger partial charge < -0.3 is 9.32 Å². The third-order valence-electron chi connectivity index (χ3n) is 11.5. The number of anilines is 3. The van der Waals surface area contributed by atoms with E-state index in [1.165, 1.54) is 49.4 Å². The van der Waals surface area contributed by atoms with E-state index in [0.717, 1.165) is 55.7 Å². The van der Waals surface area contributed by atoms with Gasteiger partial charge in [-0.3, -0.25) is 0 Å². The largest absolute Gasteiger partial charge is 0.455 e. The van der Waals surface area contributed by atoms with Crippen LogP contribution < -0.4 is 4.90 Å². The van der Waals surface area contributed by atoms with Crippen molar-refractivity contribution in [3.63, 3.8) is 0 Å². The second-order valence-corrected chi connectivity index (χ2v) is 14.8. The summed E-state index contributed by atoms with van der Waals surface area (Å²) < 4.78 is 6.79. The van der Waals surface area contributed by atoms with Gasteiger partial charge in [0.25, 0.3) is 0 Å². The van der Waals surface area contributed by atoms with E-state index in [0.29, 0.717) is 0 Å². The van der Waals surface area contributed by atoms with Crippen LogP contribution in [0.1, 0.15) is 0 Å². The molecule has 0 N–H and O–H groups in total. The maximum absolute atomic E-state index is 6.79. The first-order chi connectivity index (χ1) is 28.8. The second kappa shape index (κ2) is 14.1. The first-order valence-electron chi connectivity index (χ1n) is 19.8. The minimum absolute atomic E-state index is 0.868. The lowest BCUT2D eigenvalue weighted by Crippen LogP contribution is -2.10. The standard InChI is InChI=1S/C56H37NO/c1-4-15-38(16-5-1)47-24-14-25-48(39-17-6-2-7-18-39)54(47)43-30-32-44(33-31-43)57(45-34-29-42-28-27-41-21-10-11-22-46(41)51(42)37-45)52-36-35-49(40-19-8-3-9-20-40)56-55(52)50-23-12-13-26-53(50)58-56/h1-37H. The van der Waals surface area contributed by atoms with Gasteiger partial charge in [-0.2, -0.15) is 0 Å². The molecule has 1 heterocycles. The lowest BCUT2D eigenvalue weighted by Gasteiger charge is -2.27. The summed E-state index contributed by atoms with van der Waals surface area (Å²) in [5.74, 6) is 0. The molecule has 0 aliphatic heterocycles. The van der Waals surface area contributed by atoms with Crippen molar-refractivity contribution in [2.45, 2.75) is 0 Å². The fraction of sp³-hybridized carbons (Fsp3) is 0. The van der Waals surface area contributed by atoms with Gasteiger partial charge in [0.15, 0.2) is 0 Å². The predicted molar refractivity (Wildman–Crippen MR) is 245 cm³/mol. The van der Waals surface area contributed by atoms with Crippen LogP contribution >= 0.6 is 0 Å². The van der Waals surface area contributed by atoms with E-state index < -0.39 is 0 Å². The number of nitrogens with zero attached hydrogens (tertiary/aromatic N) is 1. The van der Waals surface area contributed by atoms with Crippen LogP contribution in [0.3, 0.4) is 0 Å². The lowest BCUT2D eigenvalue weighted by atomic mass is 9.87. The lowest BCUT2D eigenvalue weighted by molar-refractivity contribution is 0.670. The van der Waals surface area contributed by atoms with Gasteiger partial charge in [-0.15, -0.1) is 0 Å². The minimum atomic E-state index is 0.868. The van der Waals surface area contributed by atoms with Crippen molar-refractivity contribution >= 4 is 60.5 Å². The molecule has 0 spiro atoms. The van der Waals surface area contributed by atoms with Gasteiger partial charge in [0, 0.05) is 22.3 Å². The van der Waals surface area contributed by atoms with Gasteiger partial charge in [0.1, 0.15) is 11.2 Å². The molecule has 11 aromatic rings. The van der Waals surface area contributed by atoms with Crippen molar-refractivity contribution in [2.75, 3.05) is 4.90 Å². The van der Waals surface area contributed by atoms with Crippen molar-refractivity contribution in [2.24, 2.45) is 0 Å². The van der Waals surface area contributed by atoms with E-state index >= 15 is 0 Å². The van der Waals surface area contributed by atoms with Crippen LogP contribution in [0.5, 0.6) is 0 Å². The number of fused-ring (bicyclic) bond motifs is 6. The summed E-state index contributed by atoms with van der Waals surface area (Å²) in [6.45, 7) is 0. The van der Waals surface area contributed by atoms with Crippen LogP contribution in [-0.2, 0) is 0 Å². The molecule has 2 heteroatoms. The fourth-order valence-corrected chi connectivity index (χ4v) is 8.76. The minimum Gasteiger partial charge on any atom is -0.455 e. The second-order valence-electron chi connectivity index (χ2n) is 14.8. The summed E-state index contributed by atoms with van der Waals surface area (Å²) in [4.78, 5) is 2.41. The highest BCUT2D eigenvalue weighted by atomic mass is 16.3. The summed E-state index contributed by atoms with van der Waals surface area (Å²) in [6.07, 6.45) is 0. The van der Waals surface area contributed by atoms with Crippen LogP contribution in [0.25, 0.3) is 88.0 Å². The molecular weight excluding hydrogens is 703 g/mol. The van der Waals surface area contributed by atoms with Gasteiger partial charge in [-0.1, -0.05) is 182 Å². The van der Waals surface area contributed by atoms with E-state index in [9.17, 15) is 0 Å². The molecule has 0 aliphatic carbocycles. The first kappa shape index (κ1) is 33.6. The highest BCUT2D eigenvalue weighted by Gasteiger charge is 2.23.